The summed E-state index contributed by atoms with van der Waals surface area (Å²) >= 11 is 0. The minimum Gasteiger partial charge on any atom is -0.497 e. The molecule has 0 saturated heterocycles. The summed E-state index contributed by atoms with van der Waals surface area (Å²) in [5.74, 6) is 0.720. The van der Waals surface area contributed by atoms with Crippen LogP contribution >= 0.6 is 0 Å². The van der Waals surface area contributed by atoms with Gasteiger partial charge in [0.15, 0.2) is 0 Å². The van der Waals surface area contributed by atoms with Gasteiger partial charge in [-0.25, -0.2) is 4.98 Å². The van der Waals surface area contributed by atoms with Crippen molar-refractivity contribution in [2.45, 2.75) is 13.0 Å². The van der Waals surface area contributed by atoms with Crippen LogP contribution in [0.4, 0.5) is 0 Å². The molecule has 3 aromatic rings. The Morgan fingerprint density at radius 3 is 2.69 bits per heavy atom. The monoisotopic (exact) mass is 360 g/mol. The van der Waals surface area contributed by atoms with Crippen molar-refractivity contribution < 1.29 is 14.9 Å². The van der Waals surface area contributed by atoms with Gasteiger partial charge >= 0.3 is 0 Å². The van der Waals surface area contributed by atoms with Crippen molar-refractivity contribution in [1.29, 1.82) is 0 Å². The molecule has 0 atom stereocenters. The van der Waals surface area contributed by atoms with Gasteiger partial charge in [0.25, 0.3) is 5.56 Å². The summed E-state index contributed by atoms with van der Waals surface area (Å²) in [5.41, 5.74) is 1.85. The molecule has 2 heterocycles. The lowest BCUT2D eigenvalue weighted by molar-refractivity contribution is 0.158. The van der Waals surface area contributed by atoms with E-state index in [4.69, 9.17) is 14.9 Å². The smallest absolute Gasteiger partial charge is 0.277 e. The second-order valence-corrected chi connectivity index (χ2v) is 6.15. The highest BCUT2D eigenvalue weighted by Gasteiger charge is 2.12. The standard InChI is InChI=1S/C18H24N4O4/c1-26-13-3-4-14-15(11-13)20-17-16(14)19-12-22(18(17)25)6-2-5-21(7-9-23)8-10-24/h3-4,11-12,20,23-24H,2,5-10H2,1H3. The Morgan fingerprint density at radius 1 is 1.23 bits per heavy atom. The molecule has 1 aromatic carbocycles. The summed E-state index contributed by atoms with van der Waals surface area (Å²) < 4.78 is 6.81. The molecule has 0 spiro atoms. The molecular weight excluding hydrogens is 336 g/mol. The van der Waals surface area contributed by atoms with Gasteiger partial charge in [-0.3, -0.25) is 14.3 Å². The Balaban J connectivity index is 1.80. The molecule has 0 amide bonds. The molecule has 0 aliphatic carbocycles. The van der Waals surface area contributed by atoms with Crippen LogP contribution < -0.4 is 10.3 Å². The summed E-state index contributed by atoms with van der Waals surface area (Å²) in [4.78, 5) is 22.3. The van der Waals surface area contributed by atoms with Crippen molar-refractivity contribution in [3.63, 3.8) is 0 Å². The van der Waals surface area contributed by atoms with Crippen LogP contribution in [0, 0.1) is 0 Å². The first-order chi connectivity index (χ1) is 12.7. The average Bonchev–Trinajstić information content (AvgIpc) is 3.02. The Kier molecular flexibility index (Phi) is 5.87. The predicted octanol–water partition coefficient (Wildman–Crippen LogP) is 0.563. The molecule has 0 unspecified atom stereocenters. The molecule has 3 N–H and O–H groups in total. The minimum atomic E-state index is -0.110. The third-order valence-electron chi connectivity index (χ3n) is 4.49. The van der Waals surface area contributed by atoms with E-state index in [-0.39, 0.29) is 18.8 Å². The highest BCUT2D eigenvalue weighted by atomic mass is 16.5. The Hall–Kier alpha value is -2.42. The van der Waals surface area contributed by atoms with Crippen molar-refractivity contribution >= 4 is 21.9 Å². The molecule has 0 radical (unpaired) electrons. The van der Waals surface area contributed by atoms with Crippen molar-refractivity contribution in [2.75, 3.05) is 40.0 Å². The third-order valence-corrected chi connectivity index (χ3v) is 4.49. The molecule has 8 heteroatoms. The zero-order valence-corrected chi connectivity index (χ0v) is 14.8. The number of rotatable bonds is 9. The molecule has 8 nitrogen and oxygen atoms in total. The summed E-state index contributed by atoms with van der Waals surface area (Å²) in [5, 5.41) is 19.0. The first-order valence-electron chi connectivity index (χ1n) is 8.67. The number of H-pyrrole nitrogens is 1. The lowest BCUT2D eigenvalue weighted by Crippen LogP contribution is -2.32. The van der Waals surface area contributed by atoms with Crippen LogP contribution in [0.2, 0.25) is 0 Å². The molecule has 0 bridgehead atoms. The van der Waals surface area contributed by atoms with Gasteiger partial charge in [-0.15, -0.1) is 0 Å². The van der Waals surface area contributed by atoms with Crippen LogP contribution in [-0.2, 0) is 6.54 Å². The van der Waals surface area contributed by atoms with Gasteiger partial charge in [0.05, 0.1) is 32.2 Å². The van der Waals surface area contributed by atoms with E-state index in [1.807, 2.05) is 23.1 Å². The maximum atomic E-state index is 12.7. The van der Waals surface area contributed by atoms with Gasteiger partial charge in [0.2, 0.25) is 0 Å². The number of hydrogen-bond acceptors (Lipinski definition) is 6. The van der Waals surface area contributed by atoms with Crippen molar-refractivity contribution in [3.05, 3.63) is 34.9 Å². The second kappa shape index (κ2) is 8.31. The number of fused-ring (bicyclic) bond motifs is 3. The van der Waals surface area contributed by atoms with Gasteiger partial charge in [-0.1, -0.05) is 0 Å². The highest BCUT2D eigenvalue weighted by molar-refractivity contribution is 6.04. The van der Waals surface area contributed by atoms with Gasteiger partial charge in [-0.2, -0.15) is 0 Å². The minimum absolute atomic E-state index is 0.0476. The average molecular weight is 360 g/mol. The number of ether oxygens (including phenoxy) is 1. The number of hydrogen-bond donors (Lipinski definition) is 3. The predicted molar refractivity (Wildman–Crippen MR) is 99.6 cm³/mol. The quantitative estimate of drug-likeness (QED) is 0.515. The number of aromatic nitrogens is 3. The Bertz CT molecular complexity index is 928. The molecule has 0 aliphatic heterocycles. The van der Waals surface area contributed by atoms with E-state index < -0.39 is 0 Å². The van der Waals surface area contributed by atoms with Crippen LogP contribution in [0.15, 0.2) is 29.3 Å². The van der Waals surface area contributed by atoms with E-state index in [0.717, 1.165) is 23.1 Å². The molecule has 0 aliphatic rings. The van der Waals surface area contributed by atoms with Crippen LogP contribution in [0.3, 0.4) is 0 Å². The molecule has 0 saturated carbocycles. The van der Waals surface area contributed by atoms with Crippen LogP contribution in [0.25, 0.3) is 21.9 Å². The second-order valence-electron chi connectivity index (χ2n) is 6.15. The summed E-state index contributed by atoms with van der Waals surface area (Å²) in [7, 11) is 1.60. The van der Waals surface area contributed by atoms with Crippen molar-refractivity contribution in [1.82, 2.24) is 19.4 Å². The molecule has 26 heavy (non-hydrogen) atoms. The first kappa shape index (κ1) is 18.4. The molecule has 0 fully saturated rings. The number of aliphatic hydroxyl groups excluding tert-OH is 2. The van der Waals surface area contributed by atoms with Gasteiger partial charge in [-0.05, 0) is 18.6 Å². The number of nitrogens with zero attached hydrogens (tertiary/aromatic N) is 3. The van der Waals surface area contributed by atoms with Gasteiger partial charge < -0.3 is 19.9 Å². The topological polar surface area (TPSA) is 104 Å². The van der Waals surface area contributed by atoms with Gasteiger partial charge in [0.1, 0.15) is 16.8 Å². The third kappa shape index (κ3) is 3.72. The Labute approximate surface area is 150 Å². The molecular formula is C18H24N4O4. The Morgan fingerprint density at radius 2 is 2.00 bits per heavy atom. The zero-order valence-electron chi connectivity index (χ0n) is 14.8. The van der Waals surface area contributed by atoms with Crippen LogP contribution in [0.1, 0.15) is 6.42 Å². The number of methoxy groups -OCH3 is 1. The van der Waals surface area contributed by atoms with E-state index in [2.05, 4.69) is 9.97 Å². The lowest BCUT2D eigenvalue weighted by Gasteiger charge is -2.19. The van der Waals surface area contributed by atoms with Crippen molar-refractivity contribution in [3.8, 4) is 5.75 Å². The van der Waals surface area contributed by atoms with E-state index >= 15 is 0 Å². The van der Waals surface area contributed by atoms with Crippen molar-refractivity contribution in [2.24, 2.45) is 0 Å². The fourth-order valence-corrected chi connectivity index (χ4v) is 3.14. The van der Waals surface area contributed by atoms with Gasteiger partial charge in [0, 0.05) is 37.6 Å². The zero-order chi connectivity index (χ0) is 18.5. The summed E-state index contributed by atoms with van der Waals surface area (Å²) in [6.07, 6.45) is 2.30. The van der Waals surface area contributed by atoms with E-state index in [1.165, 1.54) is 0 Å². The van der Waals surface area contributed by atoms with E-state index in [1.54, 1.807) is 18.0 Å². The number of nitrogens with one attached hydrogen (secondary N) is 1. The summed E-state index contributed by atoms with van der Waals surface area (Å²) in [6, 6.07) is 5.59. The van der Waals surface area contributed by atoms with E-state index in [0.29, 0.717) is 37.2 Å². The molecule has 2 aromatic heterocycles. The van der Waals surface area contributed by atoms with Crippen LogP contribution in [-0.4, -0.2) is 69.6 Å². The molecule has 3 rings (SSSR count). The fraction of sp³-hybridized carbons (Fsp3) is 0.444. The maximum absolute atomic E-state index is 12.7. The lowest BCUT2D eigenvalue weighted by atomic mass is 10.2. The SMILES string of the molecule is COc1ccc2c(c1)[nH]c1c(=O)n(CCCN(CCO)CCO)cnc12. The largest absolute Gasteiger partial charge is 0.497 e. The van der Waals surface area contributed by atoms with E-state index in [9.17, 15) is 4.79 Å². The maximum Gasteiger partial charge on any atom is 0.277 e. The number of benzene rings is 1. The first-order valence-corrected chi connectivity index (χ1v) is 8.67. The normalized spacial score (nSPS) is 11.7. The molecule has 140 valence electrons. The highest BCUT2D eigenvalue weighted by Crippen LogP contribution is 2.25. The summed E-state index contributed by atoms with van der Waals surface area (Å²) in [6.45, 7) is 2.33. The number of aromatic amines is 1. The number of aliphatic hydroxyl groups is 2. The fourth-order valence-electron chi connectivity index (χ4n) is 3.14. The van der Waals surface area contributed by atoms with Crippen LogP contribution in [0.5, 0.6) is 5.75 Å². The number of aryl methyl sites for hydroxylation is 1.